The van der Waals surface area contributed by atoms with Gasteiger partial charge in [0.25, 0.3) is 0 Å². The molecule has 0 spiro atoms. The molecule has 4 N–H and O–H groups in total. The van der Waals surface area contributed by atoms with Gasteiger partial charge in [0.1, 0.15) is 6.54 Å². The monoisotopic (exact) mass is 291 g/mol. The minimum Gasteiger partial charge on any atom is -0.369 e. The Balaban J connectivity index is 1.76. The van der Waals surface area contributed by atoms with Crippen LogP contribution in [0.3, 0.4) is 0 Å². The lowest BCUT2D eigenvalue weighted by molar-refractivity contribution is -0.122. The molecule has 1 amide bonds. The molecule has 114 valence electrons. The fourth-order valence-electron chi connectivity index (χ4n) is 2.00. The first-order valence-electron chi connectivity index (χ1n) is 7.01. The highest BCUT2D eigenvalue weighted by Gasteiger charge is 2.07. The lowest BCUT2D eigenvalue weighted by Gasteiger charge is -2.07. The number of aromatic amines is 1. The van der Waals surface area contributed by atoms with E-state index in [4.69, 9.17) is 5.73 Å². The van der Waals surface area contributed by atoms with Crippen molar-refractivity contribution in [1.29, 1.82) is 0 Å². The Bertz CT molecular complexity index is 587. The summed E-state index contributed by atoms with van der Waals surface area (Å²) in [6, 6.07) is 0.127. The van der Waals surface area contributed by atoms with Crippen LogP contribution in [0.4, 0.5) is 5.95 Å². The molecule has 0 unspecified atom stereocenters. The Kier molecular flexibility index (Phi) is 4.91. The predicted molar refractivity (Wildman–Crippen MR) is 78.3 cm³/mol. The van der Waals surface area contributed by atoms with Crippen molar-refractivity contribution in [3.05, 3.63) is 23.8 Å². The van der Waals surface area contributed by atoms with Gasteiger partial charge < -0.3 is 16.0 Å². The Morgan fingerprint density at radius 3 is 2.86 bits per heavy atom. The second-order valence-corrected chi connectivity index (χ2v) is 5.26. The van der Waals surface area contributed by atoms with Crippen LogP contribution in [0.1, 0.15) is 31.7 Å². The fourth-order valence-corrected chi connectivity index (χ4v) is 2.00. The zero-order chi connectivity index (χ0) is 15.2. The summed E-state index contributed by atoms with van der Waals surface area (Å²) in [5.41, 5.74) is 7.33. The largest absolute Gasteiger partial charge is 0.369 e. The highest BCUT2D eigenvalue weighted by molar-refractivity contribution is 5.75. The average Bonchev–Trinajstić information content (AvgIpc) is 2.98. The maximum atomic E-state index is 11.6. The number of hydrogen-bond donors (Lipinski definition) is 3. The minimum atomic E-state index is -0.0616. The Morgan fingerprint density at radius 1 is 1.43 bits per heavy atom. The van der Waals surface area contributed by atoms with Crippen molar-refractivity contribution in [2.45, 2.75) is 45.7 Å². The Morgan fingerprint density at radius 2 is 2.19 bits per heavy atom. The van der Waals surface area contributed by atoms with Crippen molar-refractivity contribution in [3.63, 3.8) is 0 Å². The zero-order valence-electron chi connectivity index (χ0n) is 12.3. The molecule has 0 aromatic carbocycles. The van der Waals surface area contributed by atoms with Crippen molar-refractivity contribution < 1.29 is 4.79 Å². The number of carbonyl (C=O) groups excluding carboxylic acids is 1. The number of nitrogen functional groups attached to an aromatic ring is 1. The highest BCUT2D eigenvalue weighted by Crippen LogP contribution is 2.05. The normalized spacial score (nSPS) is 11.0. The number of imidazole rings is 1. The molecule has 0 aliphatic rings. The second kappa shape index (κ2) is 6.87. The number of H-pyrrole nitrogens is 1. The van der Waals surface area contributed by atoms with E-state index < -0.39 is 0 Å². The van der Waals surface area contributed by atoms with E-state index in [0.29, 0.717) is 5.95 Å². The molecule has 21 heavy (non-hydrogen) atoms. The molecule has 0 bridgehead atoms. The third-order valence-electron chi connectivity index (χ3n) is 2.86. The van der Waals surface area contributed by atoms with Crippen molar-refractivity contribution in [2.24, 2.45) is 0 Å². The molecule has 2 heterocycles. The number of aromatic nitrogens is 5. The molecular formula is C13H21N7O. The van der Waals surface area contributed by atoms with Gasteiger partial charge in [-0.15, -0.1) is 5.10 Å². The average molecular weight is 291 g/mol. The molecule has 2 aromatic heterocycles. The molecule has 0 fully saturated rings. The Labute approximate surface area is 123 Å². The molecule has 0 aliphatic heterocycles. The van der Waals surface area contributed by atoms with E-state index in [0.717, 1.165) is 30.7 Å². The second-order valence-electron chi connectivity index (χ2n) is 5.26. The van der Waals surface area contributed by atoms with Crippen LogP contribution in [0.5, 0.6) is 0 Å². The molecule has 2 rings (SSSR count). The van der Waals surface area contributed by atoms with E-state index in [9.17, 15) is 4.79 Å². The molecular weight excluding hydrogens is 270 g/mol. The number of hydrogen-bond acceptors (Lipinski definition) is 5. The molecule has 0 saturated carbocycles. The third-order valence-corrected chi connectivity index (χ3v) is 2.86. The van der Waals surface area contributed by atoms with Gasteiger partial charge in [-0.05, 0) is 33.1 Å². The summed E-state index contributed by atoms with van der Waals surface area (Å²) in [6.45, 7) is 4.04. The number of rotatable bonds is 7. The van der Waals surface area contributed by atoms with Gasteiger partial charge in [0.05, 0.1) is 11.4 Å². The van der Waals surface area contributed by atoms with E-state index in [2.05, 4.69) is 25.6 Å². The van der Waals surface area contributed by atoms with Gasteiger partial charge in [-0.25, -0.2) is 9.67 Å². The van der Waals surface area contributed by atoms with Crippen LogP contribution in [0, 0.1) is 0 Å². The van der Waals surface area contributed by atoms with Gasteiger partial charge in [0.15, 0.2) is 5.95 Å². The van der Waals surface area contributed by atoms with Crippen LogP contribution in [0.2, 0.25) is 0 Å². The fraction of sp³-hybridized carbons (Fsp3) is 0.538. The molecule has 0 atom stereocenters. The molecule has 8 nitrogen and oxygen atoms in total. The van der Waals surface area contributed by atoms with E-state index in [1.807, 2.05) is 20.0 Å². The quantitative estimate of drug-likeness (QED) is 0.678. The molecule has 0 saturated heterocycles. The van der Waals surface area contributed by atoms with Crippen molar-refractivity contribution in [3.8, 4) is 0 Å². The van der Waals surface area contributed by atoms with Gasteiger partial charge in [0.2, 0.25) is 5.91 Å². The van der Waals surface area contributed by atoms with Gasteiger partial charge in [-0.3, -0.25) is 4.79 Å². The number of aryl methyl sites for hydroxylation is 2. The van der Waals surface area contributed by atoms with Crippen LogP contribution in [0.25, 0.3) is 0 Å². The molecule has 0 aliphatic carbocycles. The topological polar surface area (TPSA) is 115 Å². The number of amides is 1. The number of nitrogens with one attached hydrogen (secondary N) is 2. The molecule has 0 radical (unpaired) electrons. The summed E-state index contributed by atoms with van der Waals surface area (Å²) in [7, 11) is 0. The zero-order valence-corrected chi connectivity index (χ0v) is 12.3. The highest BCUT2D eigenvalue weighted by atomic mass is 16.2. The van der Waals surface area contributed by atoms with Crippen LogP contribution < -0.4 is 11.1 Å². The summed E-state index contributed by atoms with van der Waals surface area (Å²) in [6.07, 6.45) is 6.13. The first kappa shape index (κ1) is 15.0. The number of nitrogens with zero attached hydrogens (tertiary/aromatic N) is 4. The van der Waals surface area contributed by atoms with Crippen LogP contribution in [-0.2, 0) is 24.2 Å². The smallest absolute Gasteiger partial charge is 0.241 e. The van der Waals surface area contributed by atoms with Crippen LogP contribution >= 0.6 is 0 Å². The summed E-state index contributed by atoms with van der Waals surface area (Å²) in [4.78, 5) is 18.6. The van der Waals surface area contributed by atoms with E-state index in [-0.39, 0.29) is 18.5 Å². The first-order chi connectivity index (χ1) is 10.0. The lowest BCUT2D eigenvalue weighted by atomic mass is 10.2. The Hall–Kier alpha value is -2.38. The SMILES string of the molecule is CC(C)NC(=O)Cn1cc(CCCc2c[nH]c(N)n2)nn1. The summed E-state index contributed by atoms with van der Waals surface area (Å²) in [5, 5.41) is 10.8. The summed E-state index contributed by atoms with van der Waals surface area (Å²) in [5.74, 6) is 0.376. The van der Waals surface area contributed by atoms with Crippen molar-refractivity contribution in [1.82, 2.24) is 30.3 Å². The van der Waals surface area contributed by atoms with Crippen molar-refractivity contribution >= 4 is 11.9 Å². The summed E-state index contributed by atoms with van der Waals surface area (Å²) >= 11 is 0. The van der Waals surface area contributed by atoms with Gasteiger partial charge in [-0.1, -0.05) is 5.21 Å². The predicted octanol–water partition coefficient (Wildman–Crippen LogP) is 0.283. The molecule has 8 heteroatoms. The van der Waals surface area contributed by atoms with Crippen LogP contribution in [0.15, 0.2) is 12.4 Å². The van der Waals surface area contributed by atoms with E-state index in [1.54, 1.807) is 10.9 Å². The van der Waals surface area contributed by atoms with Gasteiger partial charge in [0, 0.05) is 18.4 Å². The summed E-state index contributed by atoms with van der Waals surface area (Å²) < 4.78 is 1.56. The maximum absolute atomic E-state index is 11.6. The number of carbonyl (C=O) groups is 1. The number of nitrogens with two attached hydrogens (primary N) is 1. The standard InChI is InChI=1S/C13H21N7O/c1-9(2)16-12(21)8-20-7-11(18-19-20)5-3-4-10-6-15-13(14)17-10/h6-7,9H,3-5,8H2,1-2H3,(H,16,21)(H3,14,15,17). The van der Waals surface area contributed by atoms with Gasteiger partial charge >= 0.3 is 0 Å². The van der Waals surface area contributed by atoms with E-state index in [1.165, 1.54) is 0 Å². The van der Waals surface area contributed by atoms with Crippen LogP contribution in [-0.4, -0.2) is 36.9 Å². The lowest BCUT2D eigenvalue weighted by Crippen LogP contribution is -2.33. The van der Waals surface area contributed by atoms with Crippen molar-refractivity contribution in [2.75, 3.05) is 5.73 Å². The van der Waals surface area contributed by atoms with Gasteiger partial charge in [-0.2, -0.15) is 0 Å². The molecule has 2 aromatic rings. The number of anilines is 1. The third kappa shape index (κ3) is 4.90. The minimum absolute atomic E-state index is 0.0616. The maximum Gasteiger partial charge on any atom is 0.241 e. The van der Waals surface area contributed by atoms with E-state index >= 15 is 0 Å². The first-order valence-corrected chi connectivity index (χ1v) is 7.01.